The summed E-state index contributed by atoms with van der Waals surface area (Å²) in [5, 5.41) is 3.96. The van der Waals surface area contributed by atoms with E-state index in [1.807, 2.05) is 17.0 Å². The fourth-order valence-electron chi connectivity index (χ4n) is 2.35. The van der Waals surface area contributed by atoms with Crippen molar-refractivity contribution >= 4 is 17.7 Å². The van der Waals surface area contributed by atoms with E-state index in [1.165, 1.54) is 0 Å². The van der Waals surface area contributed by atoms with E-state index >= 15 is 0 Å². The third kappa shape index (κ3) is 5.26. The number of ether oxygens (including phenoxy) is 2. The van der Waals surface area contributed by atoms with Gasteiger partial charge in [0.25, 0.3) is 5.91 Å². The van der Waals surface area contributed by atoms with E-state index in [9.17, 15) is 9.59 Å². The molecule has 0 radical (unpaired) electrons. The van der Waals surface area contributed by atoms with Gasteiger partial charge in [-0.15, -0.1) is 0 Å². The zero-order valence-corrected chi connectivity index (χ0v) is 14.1. The molecule has 24 heavy (non-hydrogen) atoms. The standard InChI is InChI=1S/C17H23N3O4/c1-3-23-17(22)19-18-13(2)14-6-8-15(9-7-14)24-12-16(21)20-10-4-5-11-20/h6-9H,3-5,10-12H2,1-2H3,(H,19,22)/b18-13-. The van der Waals surface area contributed by atoms with E-state index in [-0.39, 0.29) is 12.5 Å². The molecule has 1 N–H and O–H groups in total. The third-order valence-electron chi connectivity index (χ3n) is 3.68. The maximum Gasteiger partial charge on any atom is 0.427 e. The van der Waals surface area contributed by atoms with E-state index in [0.29, 0.717) is 18.1 Å². The molecule has 130 valence electrons. The zero-order chi connectivity index (χ0) is 17.4. The van der Waals surface area contributed by atoms with Gasteiger partial charge in [-0.3, -0.25) is 4.79 Å². The van der Waals surface area contributed by atoms with Crippen LogP contribution in [0.2, 0.25) is 0 Å². The van der Waals surface area contributed by atoms with Crippen LogP contribution in [0.5, 0.6) is 5.75 Å². The van der Waals surface area contributed by atoms with Gasteiger partial charge in [0.2, 0.25) is 0 Å². The Morgan fingerprint density at radius 2 is 1.88 bits per heavy atom. The lowest BCUT2D eigenvalue weighted by Crippen LogP contribution is -2.32. The van der Waals surface area contributed by atoms with Crippen LogP contribution in [0.4, 0.5) is 4.79 Å². The molecule has 1 heterocycles. The Morgan fingerprint density at radius 3 is 2.50 bits per heavy atom. The number of benzene rings is 1. The predicted octanol–water partition coefficient (Wildman–Crippen LogP) is 2.16. The van der Waals surface area contributed by atoms with Gasteiger partial charge < -0.3 is 14.4 Å². The fraction of sp³-hybridized carbons (Fsp3) is 0.471. The predicted molar refractivity (Wildman–Crippen MR) is 90.1 cm³/mol. The van der Waals surface area contributed by atoms with Crippen LogP contribution in [-0.4, -0.2) is 48.9 Å². The molecule has 1 aromatic rings. The van der Waals surface area contributed by atoms with Crippen molar-refractivity contribution in [3.05, 3.63) is 29.8 Å². The lowest BCUT2D eigenvalue weighted by atomic mass is 10.1. The number of hydrogen-bond acceptors (Lipinski definition) is 5. The monoisotopic (exact) mass is 333 g/mol. The molecule has 1 aromatic carbocycles. The second-order valence-electron chi connectivity index (χ2n) is 5.43. The van der Waals surface area contributed by atoms with Crippen LogP contribution in [0.25, 0.3) is 0 Å². The van der Waals surface area contributed by atoms with Crippen molar-refractivity contribution < 1.29 is 19.1 Å². The van der Waals surface area contributed by atoms with Crippen LogP contribution in [0.3, 0.4) is 0 Å². The Bertz CT molecular complexity index is 592. The van der Waals surface area contributed by atoms with Crippen molar-refractivity contribution in [1.29, 1.82) is 0 Å². The molecule has 0 aliphatic carbocycles. The third-order valence-corrected chi connectivity index (χ3v) is 3.68. The second kappa shape index (κ2) is 8.90. The lowest BCUT2D eigenvalue weighted by Gasteiger charge is -2.15. The highest BCUT2D eigenvalue weighted by atomic mass is 16.5. The highest BCUT2D eigenvalue weighted by Gasteiger charge is 2.18. The molecular formula is C17H23N3O4. The van der Waals surface area contributed by atoms with Crippen molar-refractivity contribution in [1.82, 2.24) is 10.3 Å². The van der Waals surface area contributed by atoms with E-state index in [1.54, 1.807) is 26.0 Å². The van der Waals surface area contributed by atoms with E-state index < -0.39 is 6.09 Å². The molecule has 0 atom stereocenters. The average Bonchev–Trinajstić information content (AvgIpc) is 3.13. The quantitative estimate of drug-likeness (QED) is 0.639. The van der Waals surface area contributed by atoms with Gasteiger partial charge in [0.05, 0.1) is 12.3 Å². The van der Waals surface area contributed by atoms with Crippen molar-refractivity contribution in [3.63, 3.8) is 0 Å². The molecule has 7 nitrogen and oxygen atoms in total. The van der Waals surface area contributed by atoms with Crippen LogP contribution in [0.1, 0.15) is 32.3 Å². The number of hydrazone groups is 1. The summed E-state index contributed by atoms with van der Waals surface area (Å²) >= 11 is 0. The normalized spacial score (nSPS) is 14.4. The Balaban J connectivity index is 1.84. The number of hydrogen-bond donors (Lipinski definition) is 1. The number of carbonyl (C=O) groups excluding carboxylic acids is 2. The number of likely N-dealkylation sites (tertiary alicyclic amines) is 1. The van der Waals surface area contributed by atoms with Gasteiger partial charge in [-0.25, -0.2) is 10.2 Å². The van der Waals surface area contributed by atoms with Gasteiger partial charge in [0.15, 0.2) is 6.61 Å². The molecular weight excluding hydrogens is 310 g/mol. The van der Waals surface area contributed by atoms with Crippen molar-refractivity contribution in [2.24, 2.45) is 5.10 Å². The molecule has 1 saturated heterocycles. The average molecular weight is 333 g/mol. The molecule has 0 spiro atoms. The summed E-state index contributed by atoms with van der Waals surface area (Å²) in [5.74, 6) is 0.644. The molecule has 0 aromatic heterocycles. The molecule has 2 rings (SSSR count). The van der Waals surface area contributed by atoms with Crippen LogP contribution >= 0.6 is 0 Å². The van der Waals surface area contributed by atoms with Gasteiger partial charge in [-0.05, 0) is 56.5 Å². The Kier molecular flexibility index (Phi) is 6.60. The van der Waals surface area contributed by atoms with Crippen molar-refractivity contribution in [2.45, 2.75) is 26.7 Å². The molecule has 0 saturated carbocycles. The summed E-state index contributed by atoms with van der Waals surface area (Å²) < 4.78 is 10.3. The summed E-state index contributed by atoms with van der Waals surface area (Å²) in [6, 6.07) is 7.19. The molecule has 1 aliphatic rings. The molecule has 2 amide bonds. The maximum absolute atomic E-state index is 11.9. The summed E-state index contributed by atoms with van der Waals surface area (Å²) in [4.78, 5) is 24.9. The number of nitrogens with zero attached hydrogens (tertiary/aromatic N) is 2. The molecule has 1 aliphatic heterocycles. The van der Waals surface area contributed by atoms with Gasteiger partial charge in [0, 0.05) is 13.1 Å². The minimum atomic E-state index is -0.586. The minimum absolute atomic E-state index is 0.0213. The first-order chi connectivity index (χ1) is 11.6. The van der Waals surface area contributed by atoms with Crippen LogP contribution < -0.4 is 10.2 Å². The first-order valence-corrected chi connectivity index (χ1v) is 8.08. The first kappa shape index (κ1) is 17.8. The topological polar surface area (TPSA) is 80.2 Å². The van der Waals surface area contributed by atoms with Crippen LogP contribution in [-0.2, 0) is 9.53 Å². The summed E-state index contributed by atoms with van der Waals surface area (Å²) in [6.45, 7) is 5.50. The molecule has 7 heteroatoms. The first-order valence-electron chi connectivity index (χ1n) is 8.08. The summed E-state index contributed by atoms with van der Waals surface area (Å²) in [7, 11) is 0. The number of nitrogens with one attached hydrogen (secondary N) is 1. The van der Waals surface area contributed by atoms with Crippen molar-refractivity contribution in [2.75, 3.05) is 26.3 Å². The van der Waals surface area contributed by atoms with Crippen LogP contribution in [0, 0.1) is 0 Å². The molecule has 1 fully saturated rings. The summed E-state index contributed by atoms with van der Waals surface area (Å²) in [5.41, 5.74) is 3.79. The summed E-state index contributed by atoms with van der Waals surface area (Å²) in [6.07, 6.45) is 1.55. The zero-order valence-electron chi connectivity index (χ0n) is 14.1. The largest absolute Gasteiger partial charge is 0.484 e. The SMILES string of the molecule is CCOC(=O)N/N=C(/C)c1ccc(OCC(=O)N2CCCC2)cc1. The van der Waals surface area contributed by atoms with E-state index in [0.717, 1.165) is 31.5 Å². The highest BCUT2D eigenvalue weighted by Crippen LogP contribution is 2.14. The number of amides is 2. The van der Waals surface area contributed by atoms with Gasteiger partial charge in [-0.2, -0.15) is 5.10 Å². The Morgan fingerprint density at radius 1 is 1.21 bits per heavy atom. The molecule has 0 bridgehead atoms. The Hall–Kier alpha value is -2.57. The van der Waals surface area contributed by atoms with Gasteiger partial charge >= 0.3 is 6.09 Å². The number of rotatable bonds is 6. The van der Waals surface area contributed by atoms with Crippen molar-refractivity contribution in [3.8, 4) is 5.75 Å². The van der Waals surface area contributed by atoms with E-state index in [2.05, 4.69) is 10.5 Å². The molecule has 0 unspecified atom stereocenters. The Labute approximate surface area is 141 Å². The van der Waals surface area contributed by atoms with Gasteiger partial charge in [0.1, 0.15) is 5.75 Å². The van der Waals surface area contributed by atoms with E-state index in [4.69, 9.17) is 9.47 Å². The fourth-order valence-corrected chi connectivity index (χ4v) is 2.35. The highest BCUT2D eigenvalue weighted by molar-refractivity contribution is 5.99. The van der Waals surface area contributed by atoms with Gasteiger partial charge in [-0.1, -0.05) is 0 Å². The lowest BCUT2D eigenvalue weighted by molar-refractivity contribution is -0.132. The smallest absolute Gasteiger partial charge is 0.427 e. The minimum Gasteiger partial charge on any atom is -0.484 e. The maximum atomic E-state index is 11.9. The second-order valence-corrected chi connectivity index (χ2v) is 5.43. The number of carbonyl (C=O) groups is 2. The van der Waals surface area contributed by atoms with Crippen LogP contribution in [0.15, 0.2) is 29.4 Å².